The average molecular weight is 507 g/mol. The Morgan fingerprint density at radius 2 is 1.86 bits per heavy atom. The highest BCUT2D eigenvalue weighted by Crippen LogP contribution is 2.27. The molecule has 3 N–H and O–H groups in total. The van der Waals surface area contributed by atoms with Gasteiger partial charge in [-0.05, 0) is 56.9 Å². The number of carbonyl (C=O) groups excluding carboxylic acids is 1. The van der Waals surface area contributed by atoms with Gasteiger partial charge in [0.25, 0.3) is 0 Å². The number of hydrogen-bond donors (Lipinski definition) is 3. The minimum absolute atomic E-state index is 0.0608. The maximum Gasteiger partial charge on any atom is 0.230 e. The van der Waals surface area contributed by atoms with Crippen LogP contribution >= 0.6 is 0 Å². The molecule has 2 heterocycles. The largest absolute Gasteiger partial charge is 0.494 e. The molecule has 2 aromatic carbocycles. The van der Waals surface area contributed by atoms with Gasteiger partial charge < -0.3 is 25.2 Å². The first-order valence-corrected chi connectivity index (χ1v) is 12.0. The number of halogens is 1. The number of benzene rings is 2. The monoisotopic (exact) mass is 506 g/mol. The van der Waals surface area contributed by atoms with Gasteiger partial charge in [0.1, 0.15) is 5.75 Å². The van der Waals surface area contributed by atoms with E-state index in [9.17, 15) is 9.18 Å². The third-order valence-electron chi connectivity index (χ3n) is 5.64. The Hall–Kier alpha value is -4.25. The maximum atomic E-state index is 14.5. The zero-order valence-electron chi connectivity index (χ0n) is 21.4. The fourth-order valence-corrected chi connectivity index (χ4v) is 3.64. The third-order valence-corrected chi connectivity index (χ3v) is 5.64. The van der Waals surface area contributed by atoms with Gasteiger partial charge in [0, 0.05) is 31.2 Å². The highest BCUT2D eigenvalue weighted by atomic mass is 19.1. The van der Waals surface area contributed by atoms with Crippen molar-refractivity contribution in [3.63, 3.8) is 0 Å². The van der Waals surface area contributed by atoms with Crippen LogP contribution in [0, 0.1) is 5.82 Å². The van der Waals surface area contributed by atoms with E-state index < -0.39 is 5.82 Å². The normalized spacial score (nSPS) is 11.1. The molecule has 0 atom stereocenters. The van der Waals surface area contributed by atoms with Gasteiger partial charge in [-0.15, -0.1) is 0 Å². The van der Waals surface area contributed by atoms with E-state index in [2.05, 4.69) is 30.8 Å². The number of H-pyrrole nitrogens is 1. The van der Waals surface area contributed by atoms with Crippen molar-refractivity contribution in [2.45, 2.75) is 13.3 Å². The first-order valence-electron chi connectivity index (χ1n) is 12.0. The lowest BCUT2D eigenvalue weighted by Gasteiger charge is -2.20. The van der Waals surface area contributed by atoms with Gasteiger partial charge in [0.15, 0.2) is 17.5 Å². The van der Waals surface area contributed by atoms with Gasteiger partial charge in [-0.1, -0.05) is 12.1 Å². The predicted octanol–water partition coefficient (Wildman–Crippen LogP) is 3.81. The van der Waals surface area contributed by atoms with Crippen molar-refractivity contribution in [2.75, 3.05) is 56.4 Å². The third kappa shape index (κ3) is 6.70. The van der Waals surface area contributed by atoms with E-state index in [1.807, 2.05) is 62.1 Å². The van der Waals surface area contributed by atoms with Crippen molar-refractivity contribution in [2.24, 2.45) is 0 Å². The molecular formula is C26H31FN8O2. The summed E-state index contributed by atoms with van der Waals surface area (Å²) in [5.74, 6) is 0.853. The number of carbonyl (C=O) groups is 1. The molecule has 0 fully saturated rings. The highest BCUT2D eigenvalue weighted by molar-refractivity contribution is 6.01. The fourth-order valence-electron chi connectivity index (χ4n) is 3.64. The Morgan fingerprint density at radius 1 is 1.08 bits per heavy atom. The van der Waals surface area contributed by atoms with Crippen LogP contribution in [0.4, 0.5) is 27.7 Å². The van der Waals surface area contributed by atoms with Gasteiger partial charge in [-0.3, -0.25) is 9.89 Å². The predicted molar refractivity (Wildman–Crippen MR) is 143 cm³/mol. The Morgan fingerprint density at radius 3 is 2.59 bits per heavy atom. The number of likely N-dealkylation sites (N-methyl/N-ethyl adjacent to an activating group) is 2. The number of anilines is 4. The summed E-state index contributed by atoms with van der Waals surface area (Å²) >= 11 is 0. The molecule has 194 valence electrons. The standard InChI is InChI=1S/C26H31FN8O2/c1-5-37-19-9-6-17(7-10-19)14-23(36)30-24-20-15-18(8-11-22(20)32-33-24)29-25-21(27)16-28-26(31-25)35(4)13-12-34(2)3/h6-11,15-16H,5,12-14H2,1-4H3,(H,28,29,31)(H2,30,32,33,36). The van der Waals surface area contributed by atoms with Crippen molar-refractivity contribution >= 4 is 40.1 Å². The number of rotatable bonds is 11. The Bertz CT molecular complexity index is 1360. The zero-order chi connectivity index (χ0) is 26.4. The van der Waals surface area contributed by atoms with Crippen LogP contribution in [0.5, 0.6) is 5.75 Å². The van der Waals surface area contributed by atoms with E-state index in [1.165, 1.54) is 0 Å². The lowest BCUT2D eigenvalue weighted by molar-refractivity contribution is -0.115. The lowest BCUT2D eigenvalue weighted by atomic mass is 10.1. The quantitative estimate of drug-likeness (QED) is 0.282. The van der Waals surface area contributed by atoms with Gasteiger partial charge in [0.2, 0.25) is 11.9 Å². The van der Waals surface area contributed by atoms with E-state index >= 15 is 0 Å². The molecule has 0 aliphatic heterocycles. The maximum absolute atomic E-state index is 14.5. The Kier molecular flexibility index (Phi) is 8.14. The summed E-state index contributed by atoms with van der Waals surface area (Å²) in [6, 6.07) is 12.8. The van der Waals surface area contributed by atoms with Crippen LogP contribution in [0.2, 0.25) is 0 Å². The van der Waals surface area contributed by atoms with Crippen LogP contribution < -0.4 is 20.3 Å². The number of aromatic nitrogens is 4. The van der Waals surface area contributed by atoms with E-state index in [1.54, 1.807) is 18.2 Å². The summed E-state index contributed by atoms with van der Waals surface area (Å²) < 4.78 is 20.0. The number of amides is 1. The van der Waals surface area contributed by atoms with Crippen molar-refractivity contribution in [3.8, 4) is 5.75 Å². The second-order valence-electron chi connectivity index (χ2n) is 8.85. The van der Waals surface area contributed by atoms with Crippen LogP contribution in [0.15, 0.2) is 48.7 Å². The molecule has 10 nitrogen and oxygen atoms in total. The molecule has 0 radical (unpaired) electrons. The van der Waals surface area contributed by atoms with E-state index in [4.69, 9.17) is 4.74 Å². The average Bonchev–Trinajstić information content (AvgIpc) is 3.27. The molecule has 0 aliphatic rings. The van der Waals surface area contributed by atoms with Crippen molar-refractivity contribution in [1.29, 1.82) is 0 Å². The number of nitrogens with zero attached hydrogens (tertiary/aromatic N) is 5. The van der Waals surface area contributed by atoms with Gasteiger partial charge in [-0.25, -0.2) is 9.37 Å². The number of ether oxygens (including phenoxy) is 1. The Balaban J connectivity index is 1.47. The smallest absolute Gasteiger partial charge is 0.230 e. The van der Waals surface area contributed by atoms with Gasteiger partial charge >= 0.3 is 0 Å². The summed E-state index contributed by atoms with van der Waals surface area (Å²) in [4.78, 5) is 25.0. The number of hydrogen-bond acceptors (Lipinski definition) is 8. The molecule has 0 saturated heterocycles. The molecule has 4 aromatic rings. The van der Waals surface area contributed by atoms with Crippen LogP contribution in [0.3, 0.4) is 0 Å². The molecule has 0 bridgehead atoms. The molecule has 0 unspecified atom stereocenters. The molecule has 1 amide bonds. The molecule has 0 spiro atoms. The number of aromatic amines is 1. The molecule has 37 heavy (non-hydrogen) atoms. The highest BCUT2D eigenvalue weighted by Gasteiger charge is 2.14. The SMILES string of the molecule is CCOc1ccc(CC(=O)Nc2n[nH]c3ccc(Nc4nc(N(C)CCN(C)C)ncc4F)cc23)cc1. The van der Waals surface area contributed by atoms with Crippen LogP contribution in [0.25, 0.3) is 10.9 Å². The summed E-state index contributed by atoms with van der Waals surface area (Å²) in [6.07, 6.45) is 1.34. The summed E-state index contributed by atoms with van der Waals surface area (Å²) in [5.41, 5.74) is 2.18. The van der Waals surface area contributed by atoms with Crippen molar-refractivity contribution in [1.82, 2.24) is 25.1 Å². The number of fused-ring (bicyclic) bond motifs is 1. The van der Waals surface area contributed by atoms with Gasteiger partial charge in [-0.2, -0.15) is 10.1 Å². The summed E-state index contributed by atoms with van der Waals surface area (Å²) in [5, 5.41) is 13.7. The minimum atomic E-state index is -0.569. The lowest BCUT2D eigenvalue weighted by Crippen LogP contribution is -2.29. The summed E-state index contributed by atoms with van der Waals surface area (Å²) in [6.45, 7) is 4.01. The fraction of sp³-hybridized carbons (Fsp3) is 0.308. The van der Waals surface area contributed by atoms with Gasteiger partial charge in [0.05, 0.1) is 24.7 Å². The molecule has 11 heteroatoms. The Labute approximate surface area is 214 Å². The second-order valence-corrected chi connectivity index (χ2v) is 8.85. The molecule has 2 aromatic heterocycles. The molecule has 4 rings (SSSR count). The summed E-state index contributed by atoms with van der Waals surface area (Å²) in [7, 11) is 5.82. The van der Waals surface area contributed by atoms with Crippen LogP contribution in [-0.4, -0.2) is 71.8 Å². The van der Waals surface area contributed by atoms with Crippen LogP contribution in [-0.2, 0) is 11.2 Å². The van der Waals surface area contributed by atoms with Crippen molar-refractivity contribution < 1.29 is 13.9 Å². The first-order chi connectivity index (χ1) is 17.8. The molecule has 0 aliphatic carbocycles. The zero-order valence-corrected chi connectivity index (χ0v) is 21.4. The first kappa shape index (κ1) is 25.8. The minimum Gasteiger partial charge on any atom is -0.494 e. The van der Waals surface area contributed by atoms with E-state index in [-0.39, 0.29) is 18.1 Å². The number of nitrogens with one attached hydrogen (secondary N) is 3. The van der Waals surface area contributed by atoms with E-state index in [0.717, 1.165) is 29.6 Å². The topological polar surface area (TPSA) is 111 Å². The van der Waals surface area contributed by atoms with Crippen molar-refractivity contribution in [3.05, 3.63) is 60.0 Å². The van der Waals surface area contributed by atoms with E-state index in [0.29, 0.717) is 36.0 Å². The second kappa shape index (κ2) is 11.7. The van der Waals surface area contributed by atoms with Crippen LogP contribution in [0.1, 0.15) is 12.5 Å². The molecular weight excluding hydrogens is 475 g/mol. The molecule has 0 saturated carbocycles.